The van der Waals surface area contributed by atoms with E-state index in [4.69, 9.17) is 0 Å². The molecule has 24 heavy (non-hydrogen) atoms. The van der Waals surface area contributed by atoms with Crippen molar-refractivity contribution in [2.75, 3.05) is 19.6 Å². The second-order valence-electron chi connectivity index (χ2n) is 7.51. The zero-order valence-corrected chi connectivity index (χ0v) is 14.3. The van der Waals surface area contributed by atoms with Gasteiger partial charge in [0.15, 0.2) is 0 Å². The van der Waals surface area contributed by atoms with Gasteiger partial charge in [0.05, 0.1) is 6.10 Å². The standard InChI is InChI=1S/C22H27NO/c24-22-15-17(14-20-8-4-5-9-21(20)22)16-23-12-10-19(11-13-23)18-6-2-1-3-7-18/h1-9,17,19,22,24H,10-16H2. The van der Waals surface area contributed by atoms with Crippen LogP contribution in [0.3, 0.4) is 0 Å². The number of piperidine rings is 1. The van der Waals surface area contributed by atoms with E-state index in [0.29, 0.717) is 5.92 Å². The van der Waals surface area contributed by atoms with Crippen molar-refractivity contribution in [1.82, 2.24) is 4.90 Å². The lowest BCUT2D eigenvalue weighted by Crippen LogP contribution is -2.38. The number of hydrogen-bond donors (Lipinski definition) is 1. The van der Waals surface area contributed by atoms with Crippen LogP contribution in [0.2, 0.25) is 0 Å². The minimum absolute atomic E-state index is 0.276. The summed E-state index contributed by atoms with van der Waals surface area (Å²) in [5.74, 6) is 1.31. The molecular weight excluding hydrogens is 294 g/mol. The molecule has 0 aromatic heterocycles. The summed E-state index contributed by atoms with van der Waals surface area (Å²) in [7, 11) is 0. The minimum atomic E-state index is -0.276. The SMILES string of the molecule is OC1CC(CN2CCC(c3ccccc3)CC2)Cc2ccccc21. The van der Waals surface area contributed by atoms with Gasteiger partial charge in [-0.15, -0.1) is 0 Å². The molecule has 0 bridgehead atoms. The zero-order valence-electron chi connectivity index (χ0n) is 14.3. The van der Waals surface area contributed by atoms with E-state index in [1.807, 2.05) is 6.07 Å². The van der Waals surface area contributed by atoms with Crippen LogP contribution < -0.4 is 0 Å². The van der Waals surface area contributed by atoms with Crippen molar-refractivity contribution in [3.8, 4) is 0 Å². The van der Waals surface area contributed by atoms with Gasteiger partial charge in [0.1, 0.15) is 0 Å². The molecule has 2 aliphatic rings. The van der Waals surface area contributed by atoms with Crippen molar-refractivity contribution in [3.63, 3.8) is 0 Å². The summed E-state index contributed by atoms with van der Waals surface area (Å²) in [6.45, 7) is 3.51. The van der Waals surface area contributed by atoms with E-state index in [1.165, 1.54) is 37.1 Å². The molecule has 2 nitrogen and oxygen atoms in total. The summed E-state index contributed by atoms with van der Waals surface area (Å²) in [4.78, 5) is 2.62. The highest BCUT2D eigenvalue weighted by Gasteiger charge is 2.28. The Morgan fingerprint density at radius 3 is 2.42 bits per heavy atom. The molecule has 1 N–H and O–H groups in total. The molecule has 1 heterocycles. The van der Waals surface area contributed by atoms with Crippen molar-refractivity contribution >= 4 is 0 Å². The van der Waals surface area contributed by atoms with E-state index in [-0.39, 0.29) is 6.10 Å². The third-order valence-corrected chi connectivity index (χ3v) is 5.85. The molecule has 1 aliphatic heterocycles. The van der Waals surface area contributed by atoms with E-state index in [1.54, 1.807) is 0 Å². The number of hydrogen-bond acceptors (Lipinski definition) is 2. The van der Waals surface area contributed by atoms with Crippen LogP contribution in [0, 0.1) is 5.92 Å². The smallest absolute Gasteiger partial charge is 0.0796 e. The first-order valence-electron chi connectivity index (χ1n) is 9.33. The van der Waals surface area contributed by atoms with E-state index >= 15 is 0 Å². The van der Waals surface area contributed by atoms with Crippen LogP contribution in [-0.4, -0.2) is 29.6 Å². The number of aliphatic hydroxyl groups is 1. The minimum Gasteiger partial charge on any atom is -0.388 e. The van der Waals surface area contributed by atoms with Crippen LogP contribution in [0.25, 0.3) is 0 Å². The second-order valence-corrected chi connectivity index (χ2v) is 7.51. The topological polar surface area (TPSA) is 23.5 Å². The zero-order chi connectivity index (χ0) is 16.4. The quantitative estimate of drug-likeness (QED) is 0.917. The highest BCUT2D eigenvalue weighted by atomic mass is 16.3. The van der Waals surface area contributed by atoms with Crippen LogP contribution in [0.1, 0.15) is 48.0 Å². The van der Waals surface area contributed by atoms with Crippen molar-refractivity contribution < 1.29 is 5.11 Å². The Hall–Kier alpha value is -1.64. The van der Waals surface area contributed by atoms with Gasteiger partial charge in [0.2, 0.25) is 0 Å². The first-order valence-corrected chi connectivity index (χ1v) is 9.33. The van der Waals surface area contributed by atoms with E-state index in [0.717, 1.165) is 30.9 Å². The molecular formula is C22H27NO. The third-order valence-electron chi connectivity index (χ3n) is 5.85. The van der Waals surface area contributed by atoms with Gasteiger partial charge in [-0.2, -0.15) is 0 Å². The van der Waals surface area contributed by atoms with Crippen molar-refractivity contribution in [3.05, 3.63) is 71.3 Å². The number of benzene rings is 2. The lowest BCUT2D eigenvalue weighted by atomic mass is 9.81. The molecule has 1 saturated heterocycles. The normalized spacial score (nSPS) is 25.4. The van der Waals surface area contributed by atoms with Gasteiger partial charge < -0.3 is 10.0 Å². The number of rotatable bonds is 3. The molecule has 2 unspecified atom stereocenters. The summed E-state index contributed by atoms with van der Waals surface area (Å²) in [5.41, 5.74) is 4.00. The van der Waals surface area contributed by atoms with Gasteiger partial charge in [0.25, 0.3) is 0 Å². The fourth-order valence-corrected chi connectivity index (χ4v) is 4.56. The van der Waals surface area contributed by atoms with Gasteiger partial charge >= 0.3 is 0 Å². The lowest BCUT2D eigenvalue weighted by Gasteiger charge is -2.37. The van der Waals surface area contributed by atoms with Gasteiger partial charge in [-0.3, -0.25) is 0 Å². The van der Waals surface area contributed by atoms with Gasteiger partial charge in [-0.25, -0.2) is 0 Å². The molecule has 1 fully saturated rings. The summed E-state index contributed by atoms with van der Waals surface area (Å²) in [6.07, 6.45) is 4.27. The number of fused-ring (bicyclic) bond motifs is 1. The van der Waals surface area contributed by atoms with Gasteiger partial charge in [-0.1, -0.05) is 54.6 Å². The molecule has 4 rings (SSSR count). The monoisotopic (exact) mass is 321 g/mol. The highest BCUT2D eigenvalue weighted by molar-refractivity contribution is 5.31. The lowest BCUT2D eigenvalue weighted by molar-refractivity contribution is 0.104. The summed E-state index contributed by atoms with van der Waals surface area (Å²) < 4.78 is 0. The molecule has 0 amide bonds. The molecule has 0 spiro atoms. The fourth-order valence-electron chi connectivity index (χ4n) is 4.56. The van der Waals surface area contributed by atoms with E-state index < -0.39 is 0 Å². The number of likely N-dealkylation sites (tertiary alicyclic amines) is 1. The van der Waals surface area contributed by atoms with Crippen LogP contribution in [0.4, 0.5) is 0 Å². The molecule has 2 atom stereocenters. The third kappa shape index (κ3) is 3.40. The number of aliphatic hydroxyl groups excluding tert-OH is 1. The molecule has 0 saturated carbocycles. The first-order chi connectivity index (χ1) is 11.8. The molecule has 2 aromatic rings. The molecule has 1 aliphatic carbocycles. The van der Waals surface area contributed by atoms with Crippen molar-refractivity contribution in [2.45, 2.75) is 37.7 Å². The van der Waals surface area contributed by atoms with Gasteiger partial charge in [-0.05, 0) is 67.3 Å². The number of nitrogens with zero attached hydrogens (tertiary/aromatic N) is 1. The van der Waals surface area contributed by atoms with Crippen LogP contribution in [0.15, 0.2) is 54.6 Å². The fraction of sp³-hybridized carbons (Fsp3) is 0.455. The summed E-state index contributed by atoms with van der Waals surface area (Å²) >= 11 is 0. The molecule has 2 aromatic carbocycles. The average Bonchev–Trinajstić information content (AvgIpc) is 2.63. The first kappa shape index (κ1) is 15.9. The van der Waals surface area contributed by atoms with Crippen LogP contribution >= 0.6 is 0 Å². The second kappa shape index (κ2) is 7.08. The predicted octanol–water partition coefficient (Wildman–Crippen LogP) is 4.16. The Morgan fingerprint density at radius 2 is 1.62 bits per heavy atom. The Balaban J connectivity index is 1.33. The Bertz CT molecular complexity index is 661. The predicted molar refractivity (Wildman–Crippen MR) is 98.1 cm³/mol. The molecule has 2 heteroatoms. The summed E-state index contributed by atoms with van der Waals surface area (Å²) in [6, 6.07) is 19.4. The molecule has 0 radical (unpaired) electrons. The molecule has 126 valence electrons. The Kier molecular flexibility index (Phi) is 4.68. The Morgan fingerprint density at radius 1 is 0.917 bits per heavy atom. The largest absolute Gasteiger partial charge is 0.388 e. The van der Waals surface area contributed by atoms with Crippen molar-refractivity contribution in [2.24, 2.45) is 5.92 Å². The van der Waals surface area contributed by atoms with Crippen LogP contribution in [0.5, 0.6) is 0 Å². The van der Waals surface area contributed by atoms with Crippen molar-refractivity contribution in [1.29, 1.82) is 0 Å². The maximum atomic E-state index is 10.4. The van der Waals surface area contributed by atoms with E-state index in [2.05, 4.69) is 53.4 Å². The maximum absolute atomic E-state index is 10.4. The Labute approximate surface area is 145 Å². The maximum Gasteiger partial charge on any atom is 0.0796 e. The van der Waals surface area contributed by atoms with Crippen LogP contribution in [-0.2, 0) is 6.42 Å². The van der Waals surface area contributed by atoms with E-state index in [9.17, 15) is 5.11 Å². The highest BCUT2D eigenvalue weighted by Crippen LogP contribution is 2.34. The average molecular weight is 321 g/mol. The van der Waals surface area contributed by atoms with Gasteiger partial charge in [0, 0.05) is 6.54 Å². The summed E-state index contributed by atoms with van der Waals surface area (Å²) in [5, 5.41) is 10.4.